The highest BCUT2D eigenvalue weighted by Crippen LogP contribution is 2.61. The first-order chi connectivity index (χ1) is 36.6. The highest BCUT2D eigenvalue weighted by Gasteiger charge is 2.39. The maximum Gasteiger partial charge on any atom is 0.0440 e. The molecule has 0 spiro atoms. The molecule has 0 aromatic heterocycles. The highest BCUT2D eigenvalue weighted by atomic mass is 31.1. The molecule has 4 heteroatoms. The minimum absolute atomic E-state index is 0.0867. The zero-order chi connectivity index (χ0) is 50.1. The number of para-hydroxylation sites is 1. The number of benzene rings is 6. The van der Waals surface area contributed by atoms with Gasteiger partial charge in [0.25, 0.3) is 0 Å². The summed E-state index contributed by atoms with van der Waals surface area (Å²) in [5.74, 6) is 0. The van der Waals surface area contributed by atoms with Gasteiger partial charge in [-0.05, 0) is 171 Å². The number of nitrogens with zero attached hydrogens (tertiary/aromatic N) is 1. The van der Waals surface area contributed by atoms with Crippen LogP contribution in [0.2, 0.25) is 0 Å². The Balaban J connectivity index is 0.000000180. The monoisotopic (exact) mass is 1040 g/mol. The predicted molar refractivity (Wildman–Crippen MR) is 334 cm³/mol. The van der Waals surface area contributed by atoms with Gasteiger partial charge >= 0.3 is 0 Å². The smallest absolute Gasteiger partial charge is 0.0440 e. The number of rotatable bonds is 12. The fraction of sp³-hybridized carbons (Fsp3) is 0.543. The van der Waals surface area contributed by atoms with E-state index in [0.29, 0.717) is 0 Å². The summed E-state index contributed by atoms with van der Waals surface area (Å²) in [6.45, 7) is 0. The first-order valence-corrected chi connectivity index (χ1v) is 35.3. The van der Waals surface area contributed by atoms with E-state index in [1.165, 1.54) is 220 Å². The third-order valence-electron chi connectivity index (χ3n) is 19.3. The second-order valence-electron chi connectivity index (χ2n) is 24.3. The van der Waals surface area contributed by atoms with Crippen molar-refractivity contribution < 1.29 is 0 Å². The molecule has 0 aliphatic heterocycles. The molecule has 0 saturated heterocycles. The Hall–Kier alpha value is -3.07. The molecule has 0 heterocycles. The molecule has 0 radical (unpaired) electrons. The minimum atomic E-state index is -0.219. The molecule has 0 unspecified atom stereocenters. The molecule has 6 aromatic carbocycles. The van der Waals surface area contributed by atoms with Gasteiger partial charge in [0.2, 0.25) is 0 Å². The van der Waals surface area contributed by atoms with E-state index in [0.717, 1.165) is 34.0 Å². The standard InChI is InChI=1S/C44H56P2.C26H36NP/c1-5-19-35(20-6-1)45(36-21-7-2-8-22-36)41-31-29-33-17-13-15-27-39(33)43(41)44-40-28-16-14-18-34(40)30-32-42(44)46(37-23-9-3-10-24-37)38-25-11-4-12-26-38;1-27(2)25-19-11-9-17-23(25)24-18-10-12-20-26(24)28(21-13-5-3-6-14-21)22-15-7-4-8-16-22/h13-18,27-32,35-38H,1-12,19-26H2;9-12,17-22H,3-8,13-16H2,1-2H3. The molecule has 6 aliphatic rings. The van der Waals surface area contributed by atoms with E-state index in [1.807, 2.05) is 0 Å². The van der Waals surface area contributed by atoms with Crippen LogP contribution in [0.25, 0.3) is 43.8 Å². The van der Waals surface area contributed by atoms with Crippen molar-refractivity contribution in [2.75, 3.05) is 19.0 Å². The lowest BCUT2D eigenvalue weighted by Gasteiger charge is -2.42. The van der Waals surface area contributed by atoms with E-state index >= 15 is 0 Å². The summed E-state index contributed by atoms with van der Waals surface area (Å²) in [6, 6.07) is 48.0. The van der Waals surface area contributed by atoms with Gasteiger partial charge in [0, 0.05) is 25.3 Å². The SMILES string of the molecule is CN(C)c1ccccc1-c1ccccc1P(C1CCCCC1)C1CCCCC1.c1ccc2c(-c3c(P(C4CCCCC4)C4CCCCC4)ccc4ccccc34)c(P(C3CCCCC3)C3CCCCC3)ccc2c1. The van der Waals surface area contributed by atoms with Gasteiger partial charge in [-0.25, -0.2) is 0 Å². The van der Waals surface area contributed by atoms with Crippen molar-refractivity contribution in [1.82, 2.24) is 0 Å². The summed E-state index contributed by atoms with van der Waals surface area (Å²) in [5, 5.41) is 11.3. The van der Waals surface area contributed by atoms with Crippen LogP contribution in [0.1, 0.15) is 193 Å². The normalized spacial score (nSPS) is 20.6. The Bertz CT molecular complexity index is 2530. The molecule has 0 N–H and O–H groups in total. The van der Waals surface area contributed by atoms with Crippen LogP contribution in [-0.4, -0.2) is 48.0 Å². The van der Waals surface area contributed by atoms with Gasteiger partial charge in [-0.2, -0.15) is 0 Å². The Morgan fingerprint density at radius 3 is 0.946 bits per heavy atom. The Labute approximate surface area is 453 Å². The summed E-state index contributed by atoms with van der Waals surface area (Å²) in [5.41, 5.74) is 13.2. The molecule has 0 bridgehead atoms. The largest absolute Gasteiger partial charge is 0.377 e. The lowest BCUT2D eigenvalue weighted by Crippen LogP contribution is -2.30. The molecule has 6 saturated carbocycles. The van der Waals surface area contributed by atoms with Crippen molar-refractivity contribution in [3.63, 3.8) is 0 Å². The predicted octanol–water partition coefficient (Wildman–Crippen LogP) is 20.4. The Morgan fingerprint density at radius 1 is 0.284 bits per heavy atom. The van der Waals surface area contributed by atoms with E-state index in [4.69, 9.17) is 0 Å². The van der Waals surface area contributed by atoms with Crippen molar-refractivity contribution in [3.05, 3.63) is 121 Å². The molecule has 1 nitrogen and oxygen atoms in total. The minimum Gasteiger partial charge on any atom is -0.377 e. The molecular formula is C70H92NP3. The summed E-state index contributed by atoms with van der Waals surface area (Å²) < 4.78 is 0. The maximum absolute atomic E-state index is 2.70. The number of fused-ring (bicyclic) bond motifs is 2. The molecule has 6 aliphatic carbocycles. The van der Waals surface area contributed by atoms with E-state index in [2.05, 4.69) is 140 Å². The van der Waals surface area contributed by atoms with Crippen molar-refractivity contribution >= 4 is 66.9 Å². The number of hydrogen-bond donors (Lipinski definition) is 0. The van der Waals surface area contributed by atoms with Crippen LogP contribution in [0.4, 0.5) is 5.69 Å². The summed E-state index contributed by atoms with van der Waals surface area (Å²) in [6.07, 6.45) is 43.7. The summed E-state index contributed by atoms with van der Waals surface area (Å²) in [7, 11) is 3.82. The fourth-order valence-electron chi connectivity index (χ4n) is 15.7. The van der Waals surface area contributed by atoms with E-state index in [9.17, 15) is 0 Å². The van der Waals surface area contributed by atoms with Crippen molar-refractivity contribution in [1.29, 1.82) is 0 Å². The molecule has 12 rings (SSSR count). The van der Waals surface area contributed by atoms with Gasteiger partial charge in [-0.1, -0.05) is 255 Å². The van der Waals surface area contributed by atoms with E-state index < -0.39 is 0 Å². The van der Waals surface area contributed by atoms with Gasteiger partial charge in [0.1, 0.15) is 0 Å². The van der Waals surface area contributed by atoms with Crippen molar-refractivity contribution in [2.24, 2.45) is 0 Å². The molecule has 6 aromatic rings. The molecule has 0 atom stereocenters. The van der Waals surface area contributed by atoms with Crippen LogP contribution in [0.15, 0.2) is 121 Å². The van der Waals surface area contributed by atoms with Crippen LogP contribution in [-0.2, 0) is 0 Å². The van der Waals surface area contributed by atoms with E-state index in [-0.39, 0.29) is 23.8 Å². The third-order valence-corrected chi connectivity index (χ3v) is 29.9. The summed E-state index contributed by atoms with van der Waals surface area (Å²) >= 11 is 0. The van der Waals surface area contributed by atoms with Gasteiger partial charge in [0.05, 0.1) is 0 Å². The molecule has 392 valence electrons. The lowest BCUT2D eigenvalue weighted by molar-refractivity contribution is 0.487. The van der Waals surface area contributed by atoms with Crippen LogP contribution in [0, 0.1) is 0 Å². The first-order valence-electron chi connectivity index (χ1n) is 30.9. The van der Waals surface area contributed by atoms with Crippen LogP contribution in [0.5, 0.6) is 0 Å². The molecule has 6 fully saturated rings. The van der Waals surface area contributed by atoms with E-state index in [1.54, 1.807) is 37.8 Å². The van der Waals surface area contributed by atoms with Gasteiger partial charge in [-0.3, -0.25) is 0 Å². The highest BCUT2D eigenvalue weighted by molar-refractivity contribution is 7.68. The van der Waals surface area contributed by atoms with Crippen molar-refractivity contribution in [3.8, 4) is 22.3 Å². The zero-order valence-electron chi connectivity index (χ0n) is 46.0. The Kier molecular flexibility index (Phi) is 18.6. The van der Waals surface area contributed by atoms with Crippen LogP contribution >= 0.6 is 23.8 Å². The Morgan fingerprint density at radius 2 is 0.581 bits per heavy atom. The van der Waals surface area contributed by atoms with Crippen LogP contribution < -0.4 is 20.8 Å². The third kappa shape index (κ3) is 12.0. The second-order valence-corrected chi connectivity index (χ2v) is 32.5. The average molecular weight is 1040 g/mol. The zero-order valence-corrected chi connectivity index (χ0v) is 48.7. The molecule has 74 heavy (non-hydrogen) atoms. The van der Waals surface area contributed by atoms with Gasteiger partial charge < -0.3 is 4.90 Å². The second kappa shape index (κ2) is 26.1. The fourth-order valence-corrected chi connectivity index (χ4v) is 27.6. The topological polar surface area (TPSA) is 3.24 Å². The first kappa shape index (κ1) is 53.0. The summed E-state index contributed by atoms with van der Waals surface area (Å²) in [4.78, 5) is 2.27. The quantitative estimate of drug-likeness (QED) is 0.110. The number of hydrogen-bond acceptors (Lipinski definition) is 1. The average Bonchev–Trinajstić information content (AvgIpc) is 3.48. The maximum atomic E-state index is 2.70. The van der Waals surface area contributed by atoms with Crippen LogP contribution in [0.3, 0.4) is 0 Å². The molecular weight excluding hydrogens is 948 g/mol. The van der Waals surface area contributed by atoms with Gasteiger partial charge in [0.15, 0.2) is 0 Å². The lowest BCUT2D eigenvalue weighted by atomic mass is 9.93. The van der Waals surface area contributed by atoms with Crippen molar-refractivity contribution in [2.45, 2.75) is 227 Å². The number of anilines is 1. The molecule has 0 amide bonds. The van der Waals surface area contributed by atoms with Gasteiger partial charge in [-0.15, -0.1) is 0 Å².